The van der Waals surface area contributed by atoms with Crippen molar-refractivity contribution in [3.63, 3.8) is 0 Å². The van der Waals surface area contributed by atoms with Crippen LogP contribution in [0.25, 0.3) is 0 Å². The first kappa shape index (κ1) is 9.76. The van der Waals surface area contributed by atoms with Crippen LogP contribution in [0.15, 0.2) is 4.99 Å². The zero-order chi connectivity index (χ0) is 8.04. The second kappa shape index (κ2) is 4.56. The average Bonchev–Trinajstić information content (AvgIpc) is 1.84. The summed E-state index contributed by atoms with van der Waals surface area (Å²) in [6, 6.07) is 0. The molecule has 58 valence electrons. The van der Waals surface area contributed by atoms with Crippen molar-refractivity contribution in [3.8, 4) is 0 Å². The van der Waals surface area contributed by atoms with E-state index in [4.69, 9.17) is 4.74 Å². The molecule has 0 spiro atoms. The van der Waals surface area contributed by atoms with Gasteiger partial charge in [0.1, 0.15) is 0 Å². The molecule has 0 fully saturated rings. The number of hydrogen-bond donors (Lipinski definition) is 0. The number of ether oxygens (including phenoxy) is 1. The maximum atomic E-state index is 5.35. The first-order chi connectivity index (χ1) is 4.62. The van der Waals surface area contributed by atoms with Crippen LogP contribution >= 0.6 is 12.2 Å². The number of aliphatic imine (C=N–C) groups is 1. The summed E-state index contributed by atoms with van der Waals surface area (Å²) >= 11 is 4.43. The third-order valence-electron chi connectivity index (χ3n) is 1.06. The Labute approximate surface area is 67.3 Å². The summed E-state index contributed by atoms with van der Waals surface area (Å²) in [7, 11) is 0. The van der Waals surface area contributed by atoms with Gasteiger partial charge in [0, 0.05) is 6.61 Å². The minimum Gasteiger partial charge on any atom is -0.374 e. The van der Waals surface area contributed by atoms with Gasteiger partial charge in [0.15, 0.2) is 0 Å². The first-order valence-electron chi connectivity index (χ1n) is 3.30. The van der Waals surface area contributed by atoms with E-state index in [0.717, 1.165) is 0 Å². The Balaban J connectivity index is 3.73. The van der Waals surface area contributed by atoms with Crippen LogP contribution in [0.3, 0.4) is 0 Å². The lowest BCUT2D eigenvalue weighted by atomic mass is 10.1. The SMILES string of the molecule is CCOC(C)(C)CN=C=S. The average molecular weight is 159 g/mol. The summed E-state index contributed by atoms with van der Waals surface area (Å²) in [6.45, 7) is 7.21. The molecule has 10 heavy (non-hydrogen) atoms. The van der Waals surface area contributed by atoms with Crippen molar-refractivity contribution >= 4 is 17.4 Å². The highest BCUT2D eigenvalue weighted by atomic mass is 32.1. The fourth-order valence-electron chi connectivity index (χ4n) is 0.659. The summed E-state index contributed by atoms with van der Waals surface area (Å²) in [4.78, 5) is 3.80. The third-order valence-corrected chi connectivity index (χ3v) is 1.19. The molecular formula is C7H13NOS. The van der Waals surface area contributed by atoms with Gasteiger partial charge in [0.25, 0.3) is 0 Å². The van der Waals surface area contributed by atoms with Crippen LogP contribution in [0.2, 0.25) is 0 Å². The molecule has 0 aliphatic carbocycles. The maximum Gasteiger partial charge on any atom is 0.0828 e. The highest BCUT2D eigenvalue weighted by Gasteiger charge is 2.15. The van der Waals surface area contributed by atoms with Crippen molar-refractivity contribution in [2.75, 3.05) is 13.2 Å². The zero-order valence-corrected chi connectivity index (χ0v) is 7.49. The van der Waals surface area contributed by atoms with Crippen LogP contribution in [0.4, 0.5) is 0 Å². The minimum absolute atomic E-state index is 0.194. The second-order valence-corrected chi connectivity index (χ2v) is 2.78. The van der Waals surface area contributed by atoms with Gasteiger partial charge in [-0.25, -0.2) is 4.99 Å². The lowest BCUT2D eigenvalue weighted by Crippen LogP contribution is -2.27. The van der Waals surface area contributed by atoms with Gasteiger partial charge in [-0.15, -0.1) is 0 Å². The molecule has 0 saturated heterocycles. The Morgan fingerprint density at radius 3 is 2.60 bits per heavy atom. The van der Waals surface area contributed by atoms with Crippen molar-refractivity contribution in [3.05, 3.63) is 0 Å². The molecule has 3 heteroatoms. The van der Waals surface area contributed by atoms with Gasteiger partial charge < -0.3 is 4.74 Å². The van der Waals surface area contributed by atoms with E-state index in [9.17, 15) is 0 Å². The second-order valence-electron chi connectivity index (χ2n) is 2.60. The first-order valence-corrected chi connectivity index (χ1v) is 3.71. The topological polar surface area (TPSA) is 21.6 Å². The molecule has 0 aliphatic rings. The molecule has 0 amide bonds. The number of isothiocyanates is 1. The lowest BCUT2D eigenvalue weighted by molar-refractivity contribution is -0.00195. The molecule has 0 aromatic rings. The van der Waals surface area contributed by atoms with Crippen LogP contribution in [-0.4, -0.2) is 23.9 Å². The molecule has 0 saturated carbocycles. The van der Waals surface area contributed by atoms with Gasteiger partial charge >= 0.3 is 0 Å². The summed E-state index contributed by atoms with van der Waals surface area (Å²) in [6.07, 6.45) is 0. The molecule has 0 radical (unpaired) electrons. The van der Waals surface area contributed by atoms with E-state index < -0.39 is 0 Å². The number of nitrogens with zero attached hydrogens (tertiary/aromatic N) is 1. The van der Waals surface area contributed by atoms with E-state index in [1.54, 1.807) is 0 Å². The number of rotatable bonds is 4. The Morgan fingerprint density at radius 1 is 1.60 bits per heavy atom. The molecule has 0 aromatic heterocycles. The van der Waals surface area contributed by atoms with Crippen molar-refractivity contribution in [1.82, 2.24) is 0 Å². The van der Waals surface area contributed by atoms with E-state index in [0.29, 0.717) is 13.2 Å². The van der Waals surface area contributed by atoms with E-state index in [1.165, 1.54) is 0 Å². The summed E-state index contributed by atoms with van der Waals surface area (Å²) < 4.78 is 5.35. The van der Waals surface area contributed by atoms with Crippen LogP contribution < -0.4 is 0 Å². The van der Waals surface area contributed by atoms with Gasteiger partial charge in [-0.1, -0.05) is 0 Å². The summed E-state index contributed by atoms with van der Waals surface area (Å²) in [5.41, 5.74) is -0.194. The fourth-order valence-corrected chi connectivity index (χ4v) is 0.724. The molecule has 0 unspecified atom stereocenters. The highest BCUT2D eigenvalue weighted by Crippen LogP contribution is 2.08. The number of hydrogen-bond acceptors (Lipinski definition) is 3. The van der Waals surface area contributed by atoms with Crippen molar-refractivity contribution < 1.29 is 4.74 Å². The van der Waals surface area contributed by atoms with Crippen molar-refractivity contribution in [1.29, 1.82) is 0 Å². The molecule has 0 rings (SSSR count). The fraction of sp³-hybridized carbons (Fsp3) is 0.857. The molecule has 0 heterocycles. The Hall–Kier alpha value is -0.240. The molecule has 0 aromatic carbocycles. The Kier molecular flexibility index (Phi) is 4.45. The lowest BCUT2D eigenvalue weighted by Gasteiger charge is -2.21. The molecule has 0 atom stereocenters. The van der Waals surface area contributed by atoms with Crippen LogP contribution in [0, 0.1) is 0 Å². The Bertz CT molecular complexity index is 139. The molecule has 2 nitrogen and oxygen atoms in total. The quantitative estimate of drug-likeness (QED) is 0.461. The van der Waals surface area contributed by atoms with Gasteiger partial charge in [-0.2, -0.15) is 0 Å². The maximum absolute atomic E-state index is 5.35. The van der Waals surface area contributed by atoms with Gasteiger partial charge in [0.05, 0.1) is 17.3 Å². The predicted octanol–water partition coefficient (Wildman–Crippen LogP) is 1.90. The van der Waals surface area contributed by atoms with E-state index in [-0.39, 0.29) is 5.60 Å². The van der Waals surface area contributed by atoms with Gasteiger partial charge in [0.2, 0.25) is 0 Å². The smallest absolute Gasteiger partial charge is 0.0828 e. The van der Waals surface area contributed by atoms with Gasteiger partial charge in [-0.3, -0.25) is 0 Å². The highest BCUT2D eigenvalue weighted by molar-refractivity contribution is 7.78. The minimum atomic E-state index is -0.194. The predicted molar refractivity (Wildman–Crippen MR) is 45.6 cm³/mol. The standard InChI is InChI=1S/C7H13NOS/c1-4-9-7(2,3)5-8-6-10/h4-5H2,1-3H3. The molecule has 0 aliphatic heterocycles. The van der Waals surface area contributed by atoms with E-state index >= 15 is 0 Å². The normalized spacial score (nSPS) is 10.7. The van der Waals surface area contributed by atoms with Crippen LogP contribution in [0.5, 0.6) is 0 Å². The summed E-state index contributed by atoms with van der Waals surface area (Å²) in [5, 5.41) is 2.31. The van der Waals surface area contributed by atoms with Crippen LogP contribution in [-0.2, 0) is 4.74 Å². The molecule has 0 bridgehead atoms. The Morgan fingerprint density at radius 2 is 2.20 bits per heavy atom. The van der Waals surface area contributed by atoms with E-state index in [2.05, 4.69) is 22.4 Å². The third kappa shape index (κ3) is 4.62. The largest absolute Gasteiger partial charge is 0.374 e. The van der Waals surface area contributed by atoms with Crippen LogP contribution in [0.1, 0.15) is 20.8 Å². The zero-order valence-electron chi connectivity index (χ0n) is 6.68. The van der Waals surface area contributed by atoms with E-state index in [1.807, 2.05) is 20.8 Å². The van der Waals surface area contributed by atoms with Crippen molar-refractivity contribution in [2.45, 2.75) is 26.4 Å². The van der Waals surface area contributed by atoms with Gasteiger partial charge in [-0.05, 0) is 33.0 Å². The number of thiocarbonyl (C=S) groups is 1. The summed E-state index contributed by atoms with van der Waals surface area (Å²) in [5.74, 6) is 0. The monoisotopic (exact) mass is 159 g/mol. The molecule has 0 N–H and O–H groups in total. The van der Waals surface area contributed by atoms with Crippen molar-refractivity contribution in [2.24, 2.45) is 4.99 Å². The molecular weight excluding hydrogens is 146 g/mol.